The molecule has 0 aromatic heterocycles. The second kappa shape index (κ2) is 6.60. The van der Waals surface area contributed by atoms with Crippen molar-refractivity contribution in [1.82, 2.24) is 13.5 Å². The van der Waals surface area contributed by atoms with E-state index in [1.165, 1.54) is 8.61 Å². The SMILES string of the molecule is CN1CCCC(N(C)S(=O)(=O)N2CCC(C(=O)O)CC2)C1. The molecular weight excluding hydrogens is 294 g/mol. The highest BCUT2D eigenvalue weighted by Gasteiger charge is 2.36. The van der Waals surface area contributed by atoms with Gasteiger partial charge in [0.2, 0.25) is 0 Å². The summed E-state index contributed by atoms with van der Waals surface area (Å²) >= 11 is 0. The molecule has 8 heteroatoms. The molecule has 0 radical (unpaired) electrons. The first kappa shape index (κ1) is 16.7. The van der Waals surface area contributed by atoms with Crippen LogP contribution in [0, 0.1) is 5.92 Å². The topological polar surface area (TPSA) is 81.2 Å². The van der Waals surface area contributed by atoms with Crippen LogP contribution in [0.4, 0.5) is 0 Å². The van der Waals surface area contributed by atoms with Gasteiger partial charge in [-0.05, 0) is 39.3 Å². The van der Waals surface area contributed by atoms with Crippen LogP contribution in [0.5, 0.6) is 0 Å². The van der Waals surface area contributed by atoms with E-state index in [4.69, 9.17) is 5.11 Å². The van der Waals surface area contributed by atoms with Gasteiger partial charge in [-0.25, -0.2) is 0 Å². The Balaban J connectivity index is 1.99. The van der Waals surface area contributed by atoms with Crippen LogP contribution in [0.1, 0.15) is 25.7 Å². The lowest BCUT2D eigenvalue weighted by atomic mass is 9.99. The van der Waals surface area contributed by atoms with Crippen molar-refractivity contribution in [2.75, 3.05) is 40.3 Å². The molecule has 2 aliphatic heterocycles. The number of aliphatic carboxylic acids is 1. The molecule has 21 heavy (non-hydrogen) atoms. The molecule has 7 nitrogen and oxygen atoms in total. The van der Waals surface area contributed by atoms with Crippen LogP contribution in [-0.2, 0) is 15.0 Å². The molecule has 0 amide bonds. The first-order valence-corrected chi connectivity index (χ1v) is 8.86. The molecule has 1 unspecified atom stereocenters. The van der Waals surface area contributed by atoms with Crippen LogP contribution in [0.15, 0.2) is 0 Å². The van der Waals surface area contributed by atoms with Gasteiger partial charge in [-0.3, -0.25) is 4.79 Å². The van der Waals surface area contributed by atoms with E-state index in [9.17, 15) is 13.2 Å². The number of carbonyl (C=O) groups is 1. The summed E-state index contributed by atoms with van der Waals surface area (Å²) in [7, 11) is 0.159. The van der Waals surface area contributed by atoms with E-state index in [1.54, 1.807) is 7.05 Å². The first-order valence-electron chi connectivity index (χ1n) is 7.47. The van der Waals surface area contributed by atoms with Gasteiger partial charge in [-0.2, -0.15) is 17.0 Å². The molecule has 2 heterocycles. The highest BCUT2D eigenvalue weighted by molar-refractivity contribution is 7.86. The highest BCUT2D eigenvalue weighted by Crippen LogP contribution is 2.24. The minimum absolute atomic E-state index is 0.00551. The quantitative estimate of drug-likeness (QED) is 0.792. The zero-order chi connectivity index (χ0) is 15.6. The zero-order valence-corrected chi connectivity index (χ0v) is 13.5. The molecule has 0 saturated carbocycles. The van der Waals surface area contributed by atoms with Crippen LogP contribution < -0.4 is 0 Å². The molecule has 122 valence electrons. The van der Waals surface area contributed by atoms with E-state index < -0.39 is 22.1 Å². The number of piperidine rings is 2. The van der Waals surface area contributed by atoms with Crippen LogP contribution in [0.2, 0.25) is 0 Å². The number of rotatable bonds is 4. The molecule has 0 spiro atoms. The standard InChI is InChI=1S/C13H25N3O4S/c1-14-7-3-4-12(10-14)15(2)21(19,20)16-8-5-11(6-9-16)13(17)18/h11-12H,3-10H2,1-2H3,(H,17,18). The maximum atomic E-state index is 12.7. The summed E-state index contributed by atoms with van der Waals surface area (Å²) in [6.45, 7) is 2.36. The summed E-state index contributed by atoms with van der Waals surface area (Å²) < 4.78 is 28.2. The maximum Gasteiger partial charge on any atom is 0.306 e. The third kappa shape index (κ3) is 3.74. The molecule has 0 aromatic carbocycles. The van der Waals surface area contributed by atoms with E-state index in [-0.39, 0.29) is 6.04 Å². The van der Waals surface area contributed by atoms with Gasteiger partial charge in [0.1, 0.15) is 0 Å². The highest BCUT2D eigenvalue weighted by atomic mass is 32.2. The van der Waals surface area contributed by atoms with E-state index in [2.05, 4.69) is 4.90 Å². The van der Waals surface area contributed by atoms with Crippen LogP contribution >= 0.6 is 0 Å². The van der Waals surface area contributed by atoms with Crippen LogP contribution in [0.3, 0.4) is 0 Å². The maximum absolute atomic E-state index is 12.7. The van der Waals surface area contributed by atoms with Crippen LogP contribution in [-0.4, -0.2) is 79.3 Å². The van der Waals surface area contributed by atoms with Gasteiger partial charge in [0.05, 0.1) is 5.92 Å². The Hall–Kier alpha value is -0.700. The Bertz CT molecular complexity index is 474. The summed E-state index contributed by atoms with van der Waals surface area (Å²) in [5, 5.41) is 8.99. The number of likely N-dealkylation sites (N-methyl/N-ethyl adjacent to an activating group) is 2. The molecule has 0 aliphatic carbocycles. The lowest BCUT2D eigenvalue weighted by molar-refractivity contribution is -0.142. The van der Waals surface area contributed by atoms with Crippen molar-refractivity contribution in [3.8, 4) is 0 Å². The zero-order valence-electron chi connectivity index (χ0n) is 12.7. The van der Waals surface area contributed by atoms with Crippen LogP contribution in [0.25, 0.3) is 0 Å². The Morgan fingerprint density at radius 1 is 1.19 bits per heavy atom. The van der Waals surface area contributed by atoms with Gasteiger partial charge in [0.25, 0.3) is 10.2 Å². The minimum atomic E-state index is -3.49. The van der Waals surface area contributed by atoms with Crippen molar-refractivity contribution in [1.29, 1.82) is 0 Å². The minimum Gasteiger partial charge on any atom is -0.481 e. The lowest BCUT2D eigenvalue weighted by Crippen LogP contribution is -2.53. The summed E-state index contributed by atoms with van der Waals surface area (Å²) in [6.07, 6.45) is 2.67. The van der Waals surface area contributed by atoms with Crippen molar-refractivity contribution >= 4 is 16.2 Å². The number of hydrogen-bond acceptors (Lipinski definition) is 4. The van der Waals surface area contributed by atoms with E-state index >= 15 is 0 Å². The first-order chi connectivity index (χ1) is 9.82. The van der Waals surface area contributed by atoms with Crippen molar-refractivity contribution in [2.45, 2.75) is 31.7 Å². The van der Waals surface area contributed by atoms with Gasteiger partial charge < -0.3 is 10.0 Å². The average Bonchev–Trinajstić information content (AvgIpc) is 2.46. The fraction of sp³-hybridized carbons (Fsp3) is 0.923. The number of nitrogens with zero attached hydrogens (tertiary/aromatic N) is 3. The molecule has 0 aromatic rings. The molecule has 1 N–H and O–H groups in total. The molecule has 2 saturated heterocycles. The van der Waals surface area contributed by atoms with Crippen molar-refractivity contribution < 1.29 is 18.3 Å². The van der Waals surface area contributed by atoms with Crippen molar-refractivity contribution in [2.24, 2.45) is 5.92 Å². The predicted octanol–water partition coefficient (Wildman–Crippen LogP) is 0.0538. The van der Waals surface area contributed by atoms with Crippen molar-refractivity contribution in [3.63, 3.8) is 0 Å². The Morgan fingerprint density at radius 2 is 1.81 bits per heavy atom. The van der Waals surface area contributed by atoms with Gasteiger partial charge in [-0.1, -0.05) is 0 Å². The Kier molecular flexibility index (Phi) is 5.24. The fourth-order valence-electron chi connectivity index (χ4n) is 3.14. The number of carboxylic acids is 1. The molecule has 0 bridgehead atoms. The molecule has 2 aliphatic rings. The second-order valence-electron chi connectivity index (χ2n) is 6.09. The third-order valence-electron chi connectivity index (χ3n) is 4.61. The summed E-state index contributed by atoms with van der Waals surface area (Å²) in [4.78, 5) is 13.1. The van der Waals surface area contributed by atoms with E-state index in [0.29, 0.717) is 25.9 Å². The predicted molar refractivity (Wildman–Crippen MR) is 79.1 cm³/mol. The number of likely N-dealkylation sites (tertiary alicyclic amines) is 1. The summed E-state index contributed by atoms with van der Waals surface area (Å²) in [6, 6.07) is 0.00551. The Morgan fingerprint density at radius 3 is 2.33 bits per heavy atom. The summed E-state index contributed by atoms with van der Waals surface area (Å²) in [5.41, 5.74) is 0. The largest absolute Gasteiger partial charge is 0.481 e. The lowest BCUT2D eigenvalue weighted by Gasteiger charge is -2.39. The third-order valence-corrected chi connectivity index (χ3v) is 6.65. The van der Waals surface area contributed by atoms with Gasteiger partial charge in [0.15, 0.2) is 0 Å². The summed E-state index contributed by atoms with van der Waals surface area (Å²) in [5.74, 6) is -1.24. The fourth-order valence-corrected chi connectivity index (χ4v) is 4.73. The van der Waals surface area contributed by atoms with E-state index in [1.807, 2.05) is 7.05 Å². The number of carboxylic acid groups (broad SMARTS) is 1. The molecular formula is C13H25N3O4S. The molecule has 2 fully saturated rings. The molecule has 1 atom stereocenters. The smallest absolute Gasteiger partial charge is 0.306 e. The average molecular weight is 319 g/mol. The second-order valence-corrected chi connectivity index (χ2v) is 8.08. The van der Waals surface area contributed by atoms with Crippen molar-refractivity contribution in [3.05, 3.63) is 0 Å². The van der Waals surface area contributed by atoms with Gasteiger partial charge in [-0.15, -0.1) is 0 Å². The van der Waals surface area contributed by atoms with E-state index in [0.717, 1.165) is 25.9 Å². The Labute approximate surface area is 126 Å². The number of hydrogen-bond donors (Lipinski definition) is 1. The normalized spacial score (nSPS) is 27.1. The monoisotopic (exact) mass is 319 g/mol. The van der Waals surface area contributed by atoms with Gasteiger partial charge >= 0.3 is 5.97 Å². The molecule has 2 rings (SSSR count). The van der Waals surface area contributed by atoms with Gasteiger partial charge in [0, 0.05) is 32.7 Å².